The number of nitrogens with one attached hydrogen (secondary N) is 1. The molecule has 5 rings (SSSR count). The minimum absolute atomic E-state index is 0.0283. The number of H-pyrrole nitrogens is 1. The van der Waals surface area contributed by atoms with Gasteiger partial charge in [0, 0.05) is 43.3 Å². The van der Waals surface area contributed by atoms with Gasteiger partial charge >= 0.3 is 0 Å². The summed E-state index contributed by atoms with van der Waals surface area (Å²) in [6, 6.07) is 5.86. The number of rotatable bonds is 1. The molecule has 3 fully saturated rings. The molecule has 6 nitrogen and oxygen atoms in total. The lowest BCUT2D eigenvalue weighted by Gasteiger charge is -2.31. The van der Waals surface area contributed by atoms with Crippen molar-refractivity contribution in [1.82, 2.24) is 20.0 Å². The van der Waals surface area contributed by atoms with Crippen molar-refractivity contribution in [3.8, 4) is 0 Å². The summed E-state index contributed by atoms with van der Waals surface area (Å²) in [4.78, 5) is 17.4. The summed E-state index contributed by atoms with van der Waals surface area (Å²) in [7, 11) is 0. The molecule has 2 aromatic rings. The SMILES string of the molecule is Nc1ccc2[nH]nc(C(=O)N3CCN4CCC3CC4)c2c1. The maximum absolute atomic E-state index is 12.9. The van der Waals surface area contributed by atoms with E-state index in [9.17, 15) is 4.79 Å². The Balaban J connectivity index is 1.71. The van der Waals surface area contributed by atoms with E-state index in [1.807, 2.05) is 23.1 Å². The van der Waals surface area contributed by atoms with Crippen LogP contribution in [0, 0.1) is 0 Å². The van der Waals surface area contributed by atoms with E-state index < -0.39 is 0 Å². The first-order valence-electron chi connectivity index (χ1n) is 7.49. The molecule has 6 heteroatoms. The van der Waals surface area contributed by atoms with E-state index in [-0.39, 0.29) is 5.91 Å². The molecule has 2 bridgehead atoms. The fourth-order valence-corrected chi connectivity index (χ4v) is 3.48. The number of benzene rings is 1. The van der Waals surface area contributed by atoms with Gasteiger partial charge in [0.25, 0.3) is 5.91 Å². The van der Waals surface area contributed by atoms with Gasteiger partial charge in [-0.15, -0.1) is 0 Å². The van der Waals surface area contributed by atoms with Gasteiger partial charge in [-0.2, -0.15) is 5.10 Å². The molecule has 0 spiro atoms. The molecule has 3 saturated heterocycles. The highest BCUT2D eigenvalue weighted by Crippen LogP contribution is 2.25. The molecule has 110 valence electrons. The fraction of sp³-hybridized carbons (Fsp3) is 0.467. The Morgan fingerprint density at radius 3 is 2.86 bits per heavy atom. The van der Waals surface area contributed by atoms with Gasteiger partial charge in [0.15, 0.2) is 5.69 Å². The highest BCUT2D eigenvalue weighted by atomic mass is 16.2. The standard InChI is InChI=1S/C15H19N5O/c16-10-1-2-13-12(9-10)14(18-17-13)15(21)20-8-7-19-5-3-11(20)4-6-19/h1-2,9,11H,3-8,16H2,(H,17,18). The number of amides is 1. The van der Waals surface area contributed by atoms with Gasteiger partial charge in [-0.25, -0.2) is 0 Å². The third-order valence-corrected chi connectivity index (χ3v) is 4.71. The Kier molecular flexibility index (Phi) is 2.85. The molecule has 3 aliphatic rings. The average molecular weight is 285 g/mol. The minimum Gasteiger partial charge on any atom is -0.399 e. The Morgan fingerprint density at radius 2 is 2.05 bits per heavy atom. The number of aromatic amines is 1. The van der Waals surface area contributed by atoms with Crippen LogP contribution in [0.5, 0.6) is 0 Å². The van der Waals surface area contributed by atoms with Gasteiger partial charge in [0.2, 0.25) is 0 Å². The van der Waals surface area contributed by atoms with Crippen molar-refractivity contribution >= 4 is 22.5 Å². The molecule has 0 saturated carbocycles. The lowest BCUT2D eigenvalue weighted by atomic mass is 10.0. The van der Waals surface area contributed by atoms with Crippen LogP contribution in [0.25, 0.3) is 10.9 Å². The molecule has 0 radical (unpaired) electrons. The Hall–Kier alpha value is -2.08. The summed E-state index contributed by atoms with van der Waals surface area (Å²) in [6.45, 7) is 3.96. The second-order valence-corrected chi connectivity index (χ2v) is 5.95. The summed E-state index contributed by atoms with van der Waals surface area (Å²) in [5.41, 5.74) is 7.85. The second kappa shape index (κ2) is 4.73. The normalized spacial score (nSPS) is 25.2. The van der Waals surface area contributed by atoms with Crippen molar-refractivity contribution in [3.05, 3.63) is 23.9 Å². The van der Waals surface area contributed by atoms with Crippen molar-refractivity contribution in [2.75, 3.05) is 31.9 Å². The molecule has 0 aliphatic carbocycles. The summed E-state index contributed by atoms with van der Waals surface area (Å²) >= 11 is 0. The van der Waals surface area contributed by atoms with Crippen molar-refractivity contribution < 1.29 is 4.79 Å². The number of anilines is 1. The highest BCUT2D eigenvalue weighted by molar-refractivity contribution is 6.05. The number of hydrogen-bond donors (Lipinski definition) is 2. The smallest absolute Gasteiger partial charge is 0.275 e. The van der Waals surface area contributed by atoms with E-state index in [1.165, 1.54) is 0 Å². The number of nitrogens with zero attached hydrogens (tertiary/aromatic N) is 3. The Labute approximate surface area is 122 Å². The number of fused-ring (bicyclic) bond motifs is 5. The molecule has 1 aromatic carbocycles. The number of hydrogen-bond acceptors (Lipinski definition) is 4. The lowest BCUT2D eigenvalue weighted by Crippen LogP contribution is -2.41. The van der Waals surface area contributed by atoms with E-state index in [0.717, 1.165) is 49.9 Å². The van der Waals surface area contributed by atoms with Gasteiger partial charge in [-0.1, -0.05) is 0 Å². The molecule has 21 heavy (non-hydrogen) atoms. The van der Waals surface area contributed by atoms with Crippen LogP contribution in [-0.4, -0.2) is 58.1 Å². The molecule has 3 aliphatic heterocycles. The summed E-state index contributed by atoms with van der Waals surface area (Å²) in [5, 5.41) is 7.99. The molecular formula is C15H19N5O. The fourth-order valence-electron chi connectivity index (χ4n) is 3.48. The highest BCUT2D eigenvalue weighted by Gasteiger charge is 2.33. The van der Waals surface area contributed by atoms with E-state index in [0.29, 0.717) is 17.4 Å². The zero-order chi connectivity index (χ0) is 14.4. The first-order valence-corrected chi connectivity index (χ1v) is 7.49. The zero-order valence-corrected chi connectivity index (χ0v) is 11.9. The first-order chi connectivity index (χ1) is 10.2. The quantitative estimate of drug-likeness (QED) is 0.768. The van der Waals surface area contributed by atoms with Crippen LogP contribution in [0.3, 0.4) is 0 Å². The van der Waals surface area contributed by atoms with Crippen LogP contribution < -0.4 is 5.73 Å². The largest absolute Gasteiger partial charge is 0.399 e. The first kappa shape index (κ1) is 12.6. The van der Waals surface area contributed by atoms with Crippen LogP contribution >= 0.6 is 0 Å². The summed E-state index contributed by atoms with van der Waals surface area (Å²) in [5.74, 6) is 0.0283. The second-order valence-electron chi connectivity index (χ2n) is 5.95. The maximum Gasteiger partial charge on any atom is 0.275 e. The number of piperidine rings is 1. The van der Waals surface area contributed by atoms with Gasteiger partial charge < -0.3 is 15.5 Å². The van der Waals surface area contributed by atoms with E-state index >= 15 is 0 Å². The molecule has 0 atom stereocenters. The predicted octanol–water partition coefficient (Wildman–Crippen LogP) is 1.07. The van der Waals surface area contributed by atoms with E-state index in [4.69, 9.17) is 5.73 Å². The minimum atomic E-state index is 0.0283. The van der Waals surface area contributed by atoms with Gasteiger partial charge in [0.1, 0.15) is 0 Å². The van der Waals surface area contributed by atoms with Crippen molar-refractivity contribution in [2.24, 2.45) is 0 Å². The number of nitrogen functional groups attached to an aromatic ring is 1. The molecule has 4 heterocycles. The number of aromatic nitrogens is 2. The van der Waals surface area contributed by atoms with Crippen molar-refractivity contribution in [3.63, 3.8) is 0 Å². The Morgan fingerprint density at radius 1 is 1.24 bits per heavy atom. The van der Waals surface area contributed by atoms with Crippen LogP contribution in [0.2, 0.25) is 0 Å². The van der Waals surface area contributed by atoms with Crippen molar-refractivity contribution in [2.45, 2.75) is 18.9 Å². The van der Waals surface area contributed by atoms with Gasteiger partial charge in [-0.05, 0) is 31.0 Å². The third-order valence-electron chi connectivity index (χ3n) is 4.71. The van der Waals surface area contributed by atoms with E-state index in [1.54, 1.807) is 0 Å². The number of carbonyl (C=O) groups excluding carboxylic acids is 1. The molecule has 1 aromatic heterocycles. The average Bonchev–Trinajstić information content (AvgIpc) is 2.68. The molecular weight excluding hydrogens is 266 g/mol. The predicted molar refractivity (Wildman–Crippen MR) is 81.0 cm³/mol. The monoisotopic (exact) mass is 285 g/mol. The number of nitrogens with two attached hydrogens (primary N) is 1. The van der Waals surface area contributed by atoms with E-state index in [2.05, 4.69) is 15.1 Å². The summed E-state index contributed by atoms with van der Waals surface area (Å²) in [6.07, 6.45) is 2.13. The number of carbonyl (C=O) groups is 1. The van der Waals surface area contributed by atoms with Crippen LogP contribution in [-0.2, 0) is 0 Å². The maximum atomic E-state index is 12.9. The third kappa shape index (κ3) is 2.06. The summed E-state index contributed by atoms with van der Waals surface area (Å²) < 4.78 is 0. The van der Waals surface area contributed by atoms with Gasteiger partial charge in [0.05, 0.1) is 5.52 Å². The lowest BCUT2D eigenvalue weighted by molar-refractivity contribution is 0.0681. The molecule has 0 unspecified atom stereocenters. The Bertz CT molecular complexity index is 686. The van der Waals surface area contributed by atoms with Crippen LogP contribution in [0.4, 0.5) is 5.69 Å². The van der Waals surface area contributed by atoms with Gasteiger partial charge in [-0.3, -0.25) is 9.89 Å². The topological polar surface area (TPSA) is 78.2 Å². The molecule has 1 amide bonds. The van der Waals surface area contributed by atoms with Crippen molar-refractivity contribution in [1.29, 1.82) is 0 Å². The van der Waals surface area contributed by atoms with Crippen LogP contribution in [0.1, 0.15) is 23.3 Å². The zero-order valence-electron chi connectivity index (χ0n) is 11.9. The van der Waals surface area contributed by atoms with Crippen LogP contribution in [0.15, 0.2) is 18.2 Å². The molecule has 3 N–H and O–H groups in total.